The molecule has 148 valence electrons. The number of nitrogens with zero attached hydrogens (tertiary/aromatic N) is 2. The largest absolute Gasteiger partial charge is 0.331 e. The maximum absolute atomic E-state index is 12.6. The summed E-state index contributed by atoms with van der Waals surface area (Å²) in [6.45, 7) is 0. The number of hydrogen-bond acceptors (Lipinski definition) is 3. The smallest absolute Gasteiger partial charge is 0.261 e. The van der Waals surface area contributed by atoms with Gasteiger partial charge in [0.25, 0.3) is 10.0 Å². The van der Waals surface area contributed by atoms with E-state index in [4.69, 9.17) is 16.6 Å². The molecule has 3 aromatic carbocycles. The predicted octanol–water partition coefficient (Wildman–Crippen LogP) is 4.81. The Balaban J connectivity index is 1.50. The van der Waals surface area contributed by atoms with Crippen molar-refractivity contribution in [1.29, 1.82) is 0 Å². The minimum absolute atomic E-state index is 0.134. The Bertz CT molecular complexity index is 1280. The van der Waals surface area contributed by atoms with Crippen molar-refractivity contribution < 1.29 is 8.42 Å². The van der Waals surface area contributed by atoms with Crippen LogP contribution in [0.2, 0.25) is 5.02 Å². The molecule has 7 heteroatoms. The lowest BCUT2D eigenvalue weighted by Gasteiger charge is -2.10. The van der Waals surface area contributed by atoms with E-state index in [1.165, 1.54) is 12.1 Å². The summed E-state index contributed by atoms with van der Waals surface area (Å²) in [6, 6.07) is 21.7. The zero-order valence-corrected chi connectivity index (χ0v) is 17.4. The second-order valence-corrected chi connectivity index (χ2v) is 8.96. The van der Waals surface area contributed by atoms with Crippen molar-refractivity contribution in [2.24, 2.45) is 7.05 Å². The minimum atomic E-state index is -3.69. The number of imidazole rings is 1. The Morgan fingerprint density at radius 1 is 0.966 bits per heavy atom. The molecule has 0 bridgehead atoms. The van der Waals surface area contributed by atoms with Gasteiger partial charge in [0.1, 0.15) is 5.82 Å². The number of rotatable bonds is 6. The molecule has 5 nitrogen and oxygen atoms in total. The van der Waals surface area contributed by atoms with Crippen LogP contribution in [-0.2, 0) is 29.9 Å². The third-order valence-electron chi connectivity index (χ3n) is 4.80. The van der Waals surface area contributed by atoms with Gasteiger partial charge in [-0.3, -0.25) is 4.72 Å². The third kappa shape index (κ3) is 4.28. The molecule has 1 heterocycles. The van der Waals surface area contributed by atoms with Crippen LogP contribution in [0.15, 0.2) is 77.7 Å². The molecule has 0 aliphatic rings. The van der Waals surface area contributed by atoms with Crippen LogP contribution >= 0.6 is 11.6 Å². The average molecular weight is 426 g/mol. The van der Waals surface area contributed by atoms with Crippen molar-refractivity contribution in [1.82, 2.24) is 9.55 Å². The summed E-state index contributed by atoms with van der Waals surface area (Å²) >= 11 is 5.92. The molecule has 0 unspecified atom stereocenters. The summed E-state index contributed by atoms with van der Waals surface area (Å²) in [5.74, 6) is 0.996. The molecule has 0 aliphatic heterocycles. The number of fused-ring (bicyclic) bond motifs is 1. The lowest BCUT2D eigenvalue weighted by molar-refractivity contribution is 0.601. The average Bonchev–Trinajstić information content (AvgIpc) is 3.02. The lowest BCUT2D eigenvalue weighted by atomic mass is 10.1. The van der Waals surface area contributed by atoms with Gasteiger partial charge < -0.3 is 4.57 Å². The molecule has 0 saturated carbocycles. The molecule has 0 aliphatic carbocycles. The van der Waals surface area contributed by atoms with E-state index in [9.17, 15) is 8.42 Å². The predicted molar refractivity (Wildman–Crippen MR) is 117 cm³/mol. The third-order valence-corrected chi connectivity index (χ3v) is 6.42. The highest BCUT2D eigenvalue weighted by Crippen LogP contribution is 2.21. The number of halogens is 1. The van der Waals surface area contributed by atoms with Gasteiger partial charge >= 0.3 is 0 Å². The summed E-state index contributed by atoms with van der Waals surface area (Å²) in [6.07, 6.45) is 1.51. The van der Waals surface area contributed by atoms with Crippen LogP contribution in [-0.4, -0.2) is 18.0 Å². The zero-order valence-electron chi connectivity index (χ0n) is 15.8. The van der Waals surface area contributed by atoms with Crippen molar-refractivity contribution in [2.75, 3.05) is 4.72 Å². The Labute approximate surface area is 175 Å². The first-order chi connectivity index (χ1) is 13.9. The van der Waals surface area contributed by atoms with E-state index in [-0.39, 0.29) is 4.90 Å². The maximum Gasteiger partial charge on any atom is 0.261 e. The first-order valence-corrected chi connectivity index (χ1v) is 11.1. The van der Waals surface area contributed by atoms with Crippen LogP contribution in [0.3, 0.4) is 0 Å². The van der Waals surface area contributed by atoms with Gasteiger partial charge in [-0.1, -0.05) is 41.9 Å². The molecule has 0 spiro atoms. The van der Waals surface area contributed by atoms with E-state index < -0.39 is 10.0 Å². The standard InChI is InChI=1S/C22H20ClN3O2S/c1-26-21-11-3-2-10-20(21)24-22(26)13-12-16-6-4-8-18(14-16)25-29(27,28)19-9-5-7-17(23)15-19/h2-11,14-15,25H,12-13H2,1H3. The fourth-order valence-corrected chi connectivity index (χ4v) is 4.66. The molecule has 0 amide bonds. The minimum Gasteiger partial charge on any atom is -0.331 e. The molecule has 1 N–H and O–H groups in total. The van der Waals surface area contributed by atoms with Crippen LogP contribution < -0.4 is 4.72 Å². The highest BCUT2D eigenvalue weighted by Gasteiger charge is 2.15. The topological polar surface area (TPSA) is 64.0 Å². The second kappa shape index (κ2) is 7.89. The fourth-order valence-electron chi connectivity index (χ4n) is 3.31. The van der Waals surface area contributed by atoms with E-state index >= 15 is 0 Å². The molecule has 1 aromatic heterocycles. The van der Waals surface area contributed by atoms with Crippen molar-refractivity contribution in [2.45, 2.75) is 17.7 Å². The molecule has 0 atom stereocenters. The summed E-state index contributed by atoms with van der Waals surface area (Å²) in [5, 5.41) is 0.379. The first-order valence-electron chi connectivity index (χ1n) is 9.20. The highest BCUT2D eigenvalue weighted by atomic mass is 35.5. The molecular weight excluding hydrogens is 406 g/mol. The monoisotopic (exact) mass is 425 g/mol. The fraction of sp³-hybridized carbons (Fsp3) is 0.136. The lowest BCUT2D eigenvalue weighted by Crippen LogP contribution is -2.13. The van der Waals surface area contributed by atoms with Crippen LogP contribution in [0.4, 0.5) is 5.69 Å². The maximum atomic E-state index is 12.6. The number of para-hydroxylation sites is 2. The molecule has 29 heavy (non-hydrogen) atoms. The van der Waals surface area contributed by atoms with Gasteiger partial charge in [-0.2, -0.15) is 0 Å². The van der Waals surface area contributed by atoms with E-state index in [2.05, 4.69) is 15.4 Å². The van der Waals surface area contributed by atoms with Crippen LogP contribution in [0, 0.1) is 0 Å². The van der Waals surface area contributed by atoms with Crippen molar-refractivity contribution in [3.05, 3.63) is 89.2 Å². The zero-order chi connectivity index (χ0) is 20.4. The van der Waals surface area contributed by atoms with Crippen LogP contribution in [0.25, 0.3) is 11.0 Å². The number of hydrogen-bond donors (Lipinski definition) is 1. The Kier molecular flexibility index (Phi) is 5.30. The number of aromatic nitrogens is 2. The van der Waals surface area contributed by atoms with Crippen molar-refractivity contribution in [3.8, 4) is 0 Å². The number of aryl methyl sites for hydroxylation is 3. The summed E-state index contributed by atoms with van der Waals surface area (Å²) in [4.78, 5) is 4.83. The highest BCUT2D eigenvalue weighted by molar-refractivity contribution is 7.92. The van der Waals surface area contributed by atoms with Crippen LogP contribution in [0.1, 0.15) is 11.4 Å². The van der Waals surface area contributed by atoms with Crippen molar-refractivity contribution >= 4 is 38.3 Å². The summed E-state index contributed by atoms with van der Waals surface area (Å²) in [5.41, 5.74) is 3.63. The quantitative estimate of drug-likeness (QED) is 0.482. The molecule has 4 aromatic rings. The van der Waals surface area contributed by atoms with Gasteiger partial charge in [0.15, 0.2) is 0 Å². The van der Waals surface area contributed by atoms with E-state index in [1.54, 1.807) is 18.2 Å². The molecule has 4 rings (SSSR count). The first kappa shape index (κ1) is 19.5. The molecule has 0 saturated heterocycles. The number of sulfonamides is 1. The normalized spacial score (nSPS) is 11.7. The molecular formula is C22H20ClN3O2S. The van der Waals surface area contributed by atoms with Gasteiger partial charge in [0.2, 0.25) is 0 Å². The second-order valence-electron chi connectivity index (χ2n) is 6.84. The molecule has 0 radical (unpaired) electrons. The summed E-state index contributed by atoms with van der Waals surface area (Å²) < 4.78 is 29.9. The van der Waals surface area contributed by atoms with E-state index in [1.807, 2.05) is 43.4 Å². The van der Waals surface area contributed by atoms with E-state index in [0.29, 0.717) is 10.7 Å². The Morgan fingerprint density at radius 3 is 2.55 bits per heavy atom. The van der Waals surface area contributed by atoms with Gasteiger partial charge in [-0.25, -0.2) is 13.4 Å². The number of benzene rings is 3. The summed E-state index contributed by atoms with van der Waals surface area (Å²) in [7, 11) is -1.68. The van der Waals surface area contributed by atoms with Crippen molar-refractivity contribution in [3.63, 3.8) is 0 Å². The van der Waals surface area contributed by atoms with Gasteiger partial charge in [-0.15, -0.1) is 0 Å². The Hall–Kier alpha value is -2.83. The van der Waals surface area contributed by atoms with Crippen LogP contribution in [0.5, 0.6) is 0 Å². The van der Waals surface area contributed by atoms with Gasteiger partial charge in [-0.05, 0) is 54.4 Å². The number of anilines is 1. The SMILES string of the molecule is Cn1c(CCc2cccc(NS(=O)(=O)c3cccc(Cl)c3)c2)nc2ccccc21. The van der Waals surface area contributed by atoms with E-state index in [0.717, 1.165) is 35.3 Å². The number of nitrogens with one attached hydrogen (secondary N) is 1. The Morgan fingerprint density at radius 2 is 1.76 bits per heavy atom. The van der Waals surface area contributed by atoms with Gasteiger partial charge in [0.05, 0.1) is 15.9 Å². The molecule has 0 fully saturated rings. The van der Waals surface area contributed by atoms with Gasteiger partial charge in [0, 0.05) is 24.2 Å².